The summed E-state index contributed by atoms with van der Waals surface area (Å²) in [5.41, 5.74) is 1.82. The minimum absolute atomic E-state index is 0.123. The molecule has 1 aliphatic heterocycles. The summed E-state index contributed by atoms with van der Waals surface area (Å²) in [6.07, 6.45) is 6.89. The molecule has 0 atom stereocenters. The number of carbonyl (C=O) groups is 2. The summed E-state index contributed by atoms with van der Waals surface area (Å²) in [5, 5.41) is 12.3. The van der Waals surface area contributed by atoms with Crippen molar-refractivity contribution in [3.05, 3.63) is 81.3 Å². The minimum Gasteiger partial charge on any atom is -0.308 e. The summed E-state index contributed by atoms with van der Waals surface area (Å²) in [5.74, 6) is -0.374. The average Bonchev–Trinajstić information content (AvgIpc) is 3.01. The van der Waals surface area contributed by atoms with E-state index in [-0.39, 0.29) is 17.1 Å². The molecule has 0 spiro atoms. The molecule has 4 rings (SSSR count). The topological polar surface area (TPSA) is 124 Å². The van der Waals surface area contributed by atoms with Gasteiger partial charge >= 0.3 is 0 Å². The van der Waals surface area contributed by atoms with E-state index in [1.807, 2.05) is 0 Å². The monoisotopic (exact) mass is 511 g/mol. The molecule has 0 unspecified atom stereocenters. The maximum Gasteiger partial charge on any atom is 0.275 e. The lowest BCUT2D eigenvalue weighted by Gasteiger charge is -2.07. The number of nitrogens with zero attached hydrogens (tertiary/aromatic N) is 4. The molecule has 3 aromatic rings. The lowest BCUT2D eigenvalue weighted by molar-refractivity contribution is 0.0969. The van der Waals surface area contributed by atoms with Gasteiger partial charge < -0.3 is 10.6 Å². The third kappa shape index (κ3) is 4.82. The number of aromatic amines is 1. The molecule has 0 radical (unpaired) electrons. The normalized spacial score (nSPS) is 13.1. The van der Waals surface area contributed by atoms with Crippen molar-refractivity contribution >= 4 is 62.9 Å². The summed E-state index contributed by atoms with van der Waals surface area (Å²) in [4.78, 5) is 38.0. The molecule has 9 nitrogen and oxygen atoms in total. The molecule has 0 bridgehead atoms. The van der Waals surface area contributed by atoms with E-state index in [1.54, 1.807) is 61.2 Å². The van der Waals surface area contributed by atoms with Crippen molar-refractivity contribution in [2.24, 2.45) is 9.98 Å². The molecule has 3 N–H and O–H groups in total. The van der Waals surface area contributed by atoms with Crippen LogP contribution in [0.2, 0.25) is 5.02 Å². The fourth-order valence-electron chi connectivity index (χ4n) is 2.80. The van der Waals surface area contributed by atoms with Crippen molar-refractivity contribution in [1.82, 2.24) is 20.5 Å². The molecule has 0 aliphatic carbocycles. The van der Waals surface area contributed by atoms with Crippen molar-refractivity contribution in [2.75, 3.05) is 5.32 Å². The van der Waals surface area contributed by atoms with Crippen molar-refractivity contribution in [3.63, 3.8) is 0 Å². The number of anilines is 1. The molecular formula is C21H15BrClN7O2. The van der Waals surface area contributed by atoms with E-state index in [9.17, 15) is 9.59 Å². The maximum absolute atomic E-state index is 12.8. The SMILES string of the molecule is O=C(Nc1n[nH]c(C(=O)NC2=NC(c3ccncc3)=CN=CC2)c1Br)c1ccccc1Cl. The number of pyridine rings is 1. The van der Waals surface area contributed by atoms with Crippen LogP contribution in [0.1, 0.15) is 32.8 Å². The number of amidine groups is 1. The van der Waals surface area contributed by atoms with Crippen LogP contribution >= 0.6 is 27.5 Å². The van der Waals surface area contributed by atoms with E-state index in [4.69, 9.17) is 11.6 Å². The second-order valence-electron chi connectivity index (χ2n) is 6.49. The van der Waals surface area contributed by atoms with E-state index in [1.165, 1.54) is 0 Å². The first-order valence-corrected chi connectivity index (χ1v) is 10.5. The van der Waals surface area contributed by atoms with Gasteiger partial charge in [-0.25, -0.2) is 4.99 Å². The summed E-state index contributed by atoms with van der Waals surface area (Å²) in [6.45, 7) is 0. The Morgan fingerprint density at radius 3 is 2.62 bits per heavy atom. The van der Waals surface area contributed by atoms with Crippen molar-refractivity contribution < 1.29 is 9.59 Å². The highest BCUT2D eigenvalue weighted by Gasteiger charge is 2.21. The Hall–Kier alpha value is -3.63. The largest absolute Gasteiger partial charge is 0.308 e. The average molecular weight is 513 g/mol. The molecule has 0 saturated carbocycles. The fourth-order valence-corrected chi connectivity index (χ4v) is 3.48. The fraction of sp³-hybridized carbons (Fsp3) is 0.0476. The van der Waals surface area contributed by atoms with Crippen LogP contribution in [0.4, 0.5) is 5.82 Å². The number of nitrogens with one attached hydrogen (secondary N) is 3. The molecule has 160 valence electrons. The number of halogens is 2. The van der Waals surface area contributed by atoms with Crippen LogP contribution in [0.15, 0.2) is 69.4 Å². The van der Waals surface area contributed by atoms with Gasteiger partial charge in [-0.1, -0.05) is 23.7 Å². The molecular weight excluding hydrogens is 498 g/mol. The Labute approximate surface area is 195 Å². The zero-order chi connectivity index (χ0) is 22.5. The molecule has 1 aromatic carbocycles. The van der Waals surface area contributed by atoms with Gasteiger partial charge in [-0.2, -0.15) is 5.10 Å². The number of aromatic nitrogens is 3. The Bertz CT molecular complexity index is 1270. The molecule has 2 amide bonds. The molecule has 0 fully saturated rings. The van der Waals surface area contributed by atoms with Crippen LogP contribution in [-0.4, -0.2) is 39.0 Å². The van der Waals surface area contributed by atoms with E-state index in [2.05, 4.69) is 51.7 Å². The molecule has 11 heteroatoms. The standard InChI is InChI=1S/C21H15BrClN7O2/c22-17-18(29-30-19(17)28-20(31)13-3-1-2-4-14(13)23)21(32)27-16-7-10-25-11-15(26-16)12-5-8-24-9-6-12/h1-6,8-11H,7H2,(H,26,27,32)(H2,28,29,30,31). The number of carbonyl (C=O) groups excluding carboxylic acids is 2. The van der Waals surface area contributed by atoms with Crippen LogP contribution in [0.25, 0.3) is 5.70 Å². The van der Waals surface area contributed by atoms with Crippen LogP contribution in [0.3, 0.4) is 0 Å². The summed E-state index contributed by atoms with van der Waals surface area (Å²) in [6, 6.07) is 10.2. The molecule has 1 aliphatic rings. The Balaban J connectivity index is 1.50. The summed E-state index contributed by atoms with van der Waals surface area (Å²) < 4.78 is 0.295. The van der Waals surface area contributed by atoms with E-state index in [0.717, 1.165) is 5.56 Å². The van der Waals surface area contributed by atoms with Gasteiger partial charge in [-0.3, -0.25) is 24.7 Å². The second kappa shape index (κ2) is 9.67. The van der Waals surface area contributed by atoms with Gasteiger partial charge in [0, 0.05) is 30.6 Å². The third-order valence-corrected chi connectivity index (χ3v) is 5.46. The number of aliphatic imine (C=N–C) groups is 2. The molecule has 0 saturated heterocycles. The lowest BCUT2D eigenvalue weighted by Crippen LogP contribution is -2.31. The third-order valence-electron chi connectivity index (χ3n) is 4.36. The number of benzene rings is 1. The van der Waals surface area contributed by atoms with Gasteiger partial charge in [0.1, 0.15) is 11.5 Å². The van der Waals surface area contributed by atoms with Gasteiger partial charge in [0.05, 0.1) is 27.0 Å². The second-order valence-corrected chi connectivity index (χ2v) is 7.69. The van der Waals surface area contributed by atoms with Crippen LogP contribution in [-0.2, 0) is 0 Å². The zero-order valence-electron chi connectivity index (χ0n) is 16.3. The van der Waals surface area contributed by atoms with E-state index in [0.29, 0.717) is 27.4 Å². The predicted octanol–water partition coefficient (Wildman–Crippen LogP) is 4.07. The first kappa shape index (κ1) is 21.6. The van der Waals surface area contributed by atoms with Crippen LogP contribution in [0.5, 0.6) is 0 Å². The van der Waals surface area contributed by atoms with Crippen LogP contribution < -0.4 is 10.6 Å². The number of hydrogen-bond acceptors (Lipinski definition) is 6. The Morgan fingerprint density at radius 1 is 1.06 bits per heavy atom. The number of hydrogen-bond donors (Lipinski definition) is 3. The molecule has 3 heterocycles. The van der Waals surface area contributed by atoms with Crippen molar-refractivity contribution in [1.29, 1.82) is 0 Å². The van der Waals surface area contributed by atoms with E-state index < -0.39 is 11.8 Å². The van der Waals surface area contributed by atoms with Gasteiger partial charge in [-0.15, -0.1) is 0 Å². The Kier molecular flexibility index (Phi) is 6.52. The zero-order valence-corrected chi connectivity index (χ0v) is 18.7. The minimum atomic E-state index is -0.481. The predicted molar refractivity (Wildman–Crippen MR) is 126 cm³/mol. The first-order chi connectivity index (χ1) is 15.5. The van der Waals surface area contributed by atoms with E-state index >= 15 is 0 Å². The quantitative estimate of drug-likeness (QED) is 0.487. The highest BCUT2D eigenvalue weighted by Crippen LogP contribution is 2.25. The molecule has 2 aromatic heterocycles. The van der Waals surface area contributed by atoms with Gasteiger partial charge in [-0.05, 0) is 40.2 Å². The van der Waals surface area contributed by atoms with Gasteiger partial charge in [0.15, 0.2) is 5.82 Å². The number of H-pyrrole nitrogens is 1. The maximum atomic E-state index is 12.8. The number of rotatable bonds is 4. The van der Waals surface area contributed by atoms with Gasteiger partial charge in [0.2, 0.25) is 0 Å². The summed E-state index contributed by atoms with van der Waals surface area (Å²) in [7, 11) is 0. The first-order valence-electron chi connectivity index (χ1n) is 9.34. The number of amides is 2. The summed E-state index contributed by atoms with van der Waals surface area (Å²) >= 11 is 9.38. The highest BCUT2D eigenvalue weighted by molar-refractivity contribution is 9.10. The van der Waals surface area contributed by atoms with Gasteiger partial charge in [0.25, 0.3) is 11.8 Å². The molecule has 32 heavy (non-hydrogen) atoms. The smallest absolute Gasteiger partial charge is 0.275 e. The lowest BCUT2D eigenvalue weighted by atomic mass is 10.2. The van der Waals surface area contributed by atoms with Crippen molar-refractivity contribution in [2.45, 2.75) is 6.42 Å². The van der Waals surface area contributed by atoms with Crippen molar-refractivity contribution in [3.8, 4) is 0 Å². The Morgan fingerprint density at radius 2 is 1.84 bits per heavy atom. The van der Waals surface area contributed by atoms with Crippen LogP contribution in [0, 0.1) is 0 Å². The highest BCUT2D eigenvalue weighted by atomic mass is 79.9.